The summed E-state index contributed by atoms with van der Waals surface area (Å²) in [5, 5.41) is 0.656. The van der Waals surface area contributed by atoms with Crippen LogP contribution in [0, 0.1) is 5.82 Å². The highest BCUT2D eigenvalue weighted by molar-refractivity contribution is 6.30. The molecule has 3 nitrogen and oxygen atoms in total. The van der Waals surface area contributed by atoms with E-state index in [-0.39, 0.29) is 12.4 Å². The fourth-order valence-electron chi connectivity index (χ4n) is 3.21. The SMILES string of the molecule is CCOC(COc1ccc(Cc2ccc(F)cc2)cc1-c1cccc(Cl)c1)OCC. The summed E-state index contributed by atoms with van der Waals surface area (Å²) >= 11 is 6.23. The lowest BCUT2D eigenvalue weighted by molar-refractivity contribution is -0.152. The number of hydrogen-bond acceptors (Lipinski definition) is 3. The molecule has 0 saturated heterocycles. The van der Waals surface area contributed by atoms with E-state index in [0.29, 0.717) is 24.7 Å². The first kappa shape index (κ1) is 22.3. The molecule has 5 heteroatoms. The Kier molecular flexibility index (Phi) is 8.26. The van der Waals surface area contributed by atoms with Gasteiger partial charge in [0.15, 0.2) is 6.29 Å². The van der Waals surface area contributed by atoms with E-state index in [1.165, 1.54) is 12.1 Å². The van der Waals surface area contributed by atoms with Crippen molar-refractivity contribution in [2.24, 2.45) is 0 Å². The summed E-state index contributed by atoms with van der Waals surface area (Å²) in [6.07, 6.45) is 0.264. The number of rotatable bonds is 10. The first-order chi connectivity index (χ1) is 14.6. The molecule has 0 saturated carbocycles. The van der Waals surface area contributed by atoms with Gasteiger partial charge >= 0.3 is 0 Å². The van der Waals surface area contributed by atoms with E-state index in [2.05, 4.69) is 6.07 Å². The van der Waals surface area contributed by atoms with E-state index in [1.807, 2.05) is 50.2 Å². The van der Waals surface area contributed by atoms with Gasteiger partial charge in [-0.25, -0.2) is 4.39 Å². The van der Waals surface area contributed by atoms with Gasteiger partial charge in [0.2, 0.25) is 0 Å². The lowest BCUT2D eigenvalue weighted by Crippen LogP contribution is -2.25. The van der Waals surface area contributed by atoms with E-state index in [9.17, 15) is 4.39 Å². The van der Waals surface area contributed by atoms with E-state index >= 15 is 0 Å². The maximum atomic E-state index is 13.2. The van der Waals surface area contributed by atoms with Crippen molar-refractivity contribution in [2.75, 3.05) is 19.8 Å². The lowest BCUT2D eigenvalue weighted by Gasteiger charge is -2.19. The van der Waals surface area contributed by atoms with Gasteiger partial charge < -0.3 is 14.2 Å². The van der Waals surface area contributed by atoms with Crippen molar-refractivity contribution in [3.63, 3.8) is 0 Å². The van der Waals surface area contributed by atoms with Crippen LogP contribution in [0.15, 0.2) is 66.7 Å². The van der Waals surface area contributed by atoms with Gasteiger partial charge in [0.25, 0.3) is 0 Å². The Bertz CT molecular complexity index is 937. The standard InChI is InChI=1S/C25H26ClFO3/c1-3-28-25(29-4-2)17-30-24-13-10-19(14-18-8-11-22(27)12-9-18)15-23(24)20-6-5-7-21(26)16-20/h5-13,15-16,25H,3-4,14,17H2,1-2H3. The van der Waals surface area contributed by atoms with E-state index in [1.54, 1.807) is 12.1 Å². The molecule has 158 valence electrons. The molecule has 0 aliphatic carbocycles. The molecule has 3 aromatic carbocycles. The normalized spacial score (nSPS) is 11.1. The minimum Gasteiger partial charge on any atom is -0.488 e. The largest absolute Gasteiger partial charge is 0.488 e. The molecule has 3 rings (SSSR count). The Morgan fingerprint density at radius 3 is 2.23 bits per heavy atom. The van der Waals surface area contributed by atoms with Gasteiger partial charge in [-0.15, -0.1) is 0 Å². The Morgan fingerprint density at radius 2 is 1.57 bits per heavy atom. The molecule has 0 radical (unpaired) electrons. The summed E-state index contributed by atoms with van der Waals surface area (Å²) in [6.45, 7) is 5.23. The average Bonchev–Trinajstić information content (AvgIpc) is 2.74. The van der Waals surface area contributed by atoms with Crippen molar-refractivity contribution in [1.29, 1.82) is 0 Å². The maximum Gasteiger partial charge on any atom is 0.191 e. The van der Waals surface area contributed by atoms with Gasteiger partial charge in [-0.3, -0.25) is 0 Å². The quantitative estimate of drug-likeness (QED) is 0.344. The molecule has 3 aromatic rings. The average molecular weight is 429 g/mol. The molecule has 0 unspecified atom stereocenters. The third-order valence-corrected chi connectivity index (χ3v) is 4.82. The lowest BCUT2D eigenvalue weighted by atomic mass is 9.98. The maximum absolute atomic E-state index is 13.2. The van der Waals surface area contributed by atoms with E-state index in [4.69, 9.17) is 25.8 Å². The monoisotopic (exact) mass is 428 g/mol. The Balaban J connectivity index is 1.88. The zero-order valence-corrected chi connectivity index (χ0v) is 18.0. The second-order valence-electron chi connectivity index (χ2n) is 6.80. The third kappa shape index (κ3) is 6.30. The van der Waals surface area contributed by atoms with Crippen LogP contribution in [0.25, 0.3) is 11.1 Å². The number of benzene rings is 3. The number of halogens is 2. The molecule has 0 N–H and O–H groups in total. The number of hydrogen-bond donors (Lipinski definition) is 0. The predicted molar refractivity (Wildman–Crippen MR) is 119 cm³/mol. The van der Waals surface area contributed by atoms with Crippen LogP contribution >= 0.6 is 11.6 Å². The first-order valence-corrected chi connectivity index (χ1v) is 10.5. The van der Waals surface area contributed by atoms with Crippen LogP contribution in [0.3, 0.4) is 0 Å². The van der Waals surface area contributed by atoms with Gasteiger partial charge in [-0.2, -0.15) is 0 Å². The van der Waals surface area contributed by atoms with Crippen molar-refractivity contribution < 1.29 is 18.6 Å². The third-order valence-electron chi connectivity index (χ3n) is 4.58. The molecule has 0 aromatic heterocycles. The Labute approximate surface area is 182 Å². The Hall–Kier alpha value is -2.40. The summed E-state index contributed by atoms with van der Waals surface area (Å²) in [7, 11) is 0. The smallest absolute Gasteiger partial charge is 0.191 e. The zero-order chi connectivity index (χ0) is 21.3. The van der Waals surface area contributed by atoms with Crippen LogP contribution in [0.2, 0.25) is 5.02 Å². The summed E-state index contributed by atoms with van der Waals surface area (Å²) < 4.78 is 30.5. The topological polar surface area (TPSA) is 27.7 Å². The highest BCUT2D eigenvalue weighted by Crippen LogP contribution is 2.33. The Morgan fingerprint density at radius 1 is 0.867 bits per heavy atom. The van der Waals surface area contributed by atoms with Gasteiger partial charge in [0.1, 0.15) is 18.2 Å². The van der Waals surface area contributed by atoms with Crippen molar-refractivity contribution in [1.82, 2.24) is 0 Å². The molecule has 0 fully saturated rings. The van der Waals surface area contributed by atoms with Crippen LogP contribution in [0.5, 0.6) is 5.75 Å². The minimum absolute atomic E-state index is 0.236. The fraction of sp³-hybridized carbons (Fsp3) is 0.280. The van der Waals surface area contributed by atoms with Gasteiger partial charge in [-0.1, -0.05) is 41.9 Å². The molecular formula is C25H26ClFO3. The summed E-state index contributed by atoms with van der Waals surface area (Å²) in [6, 6.07) is 20.3. The highest BCUT2D eigenvalue weighted by Gasteiger charge is 2.13. The molecule has 0 spiro atoms. The summed E-state index contributed by atoms with van der Waals surface area (Å²) in [4.78, 5) is 0. The van der Waals surface area contributed by atoms with E-state index in [0.717, 1.165) is 28.0 Å². The fourth-order valence-corrected chi connectivity index (χ4v) is 3.40. The first-order valence-electron chi connectivity index (χ1n) is 10.1. The van der Waals surface area contributed by atoms with E-state index < -0.39 is 6.29 Å². The van der Waals surface area contributed by atoms with Crippen molar-refractivity contribution in [3.05, 3.63) is 88.7 Å². The summed E-state index contributed by atoms with van der Waals surface area (Å²) in [5.74, 6) is 0.491. The van der Waals surface area contributed by atoms with Crippen LogP contribution in [-0.2, 0) is 15.9 Å². The van der Waals surface area contributed by atoms with Gasteiger partial charge in [0, 0.05) is 23.8 Å². The van der Waals surface area contributed by atoms with Crippen LogP contribution < -0.4 is 4.74 Å². The van der Waals surface area contributed by atoms with Crippen LogP contribution in [0.1, 0.15) is 25.0 Å². The summed E-state index contributed by atoms with van der Waals surface area (Å²) in [5.41, 5.74) is 4.02. The molecule has 0 amide bonds. The van der Waals surface area contributed by atoms with Crippen LogP contribution in [-0.4, -0.2) is 26.1 Å². The highest BCUT2D eigenvalue weighted by atomic mass is 35.5. The second-order valence-corrected chi connectivity index (χ2v) is 7.23. The molecule has 0 aliphatic heterocycles. The minimum atomic E-state index is -0.425. The zero-order valence-electron chi connectivity index (χ0n) is 17.2. The van der Waals surface area contributed by atoms with Crippen molar-refractivity contribution in [3.8, 4) is 16.9 Å². The van der Waals surface area contributed by atoms with Gasteiger partial charge in [-0.05, 0) is 73.4 Å². The van der Waals surface area contributed by atoms with Crippen molar-refractivity contribution >= 4 is 11.6 Å². The molecule has 0 heterocycles. The second kappa shape index (κ2) is 11.1. The molecule has 0 atom stereocenters. The van der Waals surface area contributed by atoms with Gasteiger partial charge in [0.05, 0.1) is 0 Å². The molecule has 0 aliphatic rings. The van der Waals surface area contributed by atoms with Crippen LogP contribution in [0.4, 0.5) is 4.39 Å². The molecular weight excluding hydrogens is 403 g/mol. The van der Waals surface area contributed by atoms with Crippen molar-refractivity contribution in [2.45, 2.75) is 26.6 Å². The predicted octanol–water partition coefficient (Wildman–Crippen LogP) is 6.51. The molecule has 30 heavy (non-hydrogen) atoms. The number of ether oxygens (including phenoxy) is 3. The molecule has 0 bridgehead atoms.